The summed E-state index contributed by atoms with van der Waals surface area (Å²) in [5.41, 5.74) is 3.97. The van der Waals surface area contributed by atoms with Gasteiger partial charge in [0, 0.05) is 36.5 Å². The van der Waals surface area contributed by atoms with E-state index < -0.39 is 5.91 Å². The third-order valence-corrected chi connectivity index (χ3v) is 5.06. The molecule has 0 atom stereocenters. The number of hydrogen-bond acceptors (Lipinski definition) is 5. The Balaban J connectivity index is 1.81. The van der Waals surface area contributed by atoms with Gasteiger partial charge in [0.05, 0.1) is 17.8 Å². The molecule has 1 aromatic carbocycles. The van der Waals surface area contributed by atoms with Crippen molar-refractivity contribution in [3.8, 4) is 0 Å². The van der Waals surface area contributed by atoms with E-state index in [1.807, 2.05) is 47.0 Å². The van der Waals surface area contributed by atoms with Crippen LogP contribution in [0, 0.1) is 0 Å². The van der Waals surface area contributed by atoms with Crippen LogP contribution in [-0.2, 0) is 6.54 Å². The Kier molecular flexibility index (Phi) is 6.08. The van der Waals surface area contributed by atoms with E-state index in [-0.39, 0.29) is 6.03 Å². The lowest BCUT2D eigenvalue weighted by atomic mass is 10.2. The van der Waals surface area contributed by atoms with Crippen LogP contribution in [0.5, 0.6) is 0 Å². The van der Waals surface area contributed by atoms with E-state index in [9.17, 15) is 9.59 Å². The van der Waals surface area contributed by atoms with Crippen LogP contribution >= 0.6 is 11.8 Å². The van der Waals surface area contributed by atoms with Gasteiger partial charge in [0.15, 0.2) is 0 Å². The zero-order chi connectivity index (χ0) is 18.4. The van der Waals surface area contributed by atoms with Gasteiger partial charge >= 0.3 is 6.03 Å². The second-order valence-corrected chi connectivity index (χ2v) is 7.04. The van der Waals surface area contributed by atoms with E-state index in [1.165, 1.54) is 6.20 Å². The predicted octanol–water partition coefficient (Wildman–Crippen LogP) is 1.86. The minimum atomic E-state index is -0.397. The maximum atomic E-state index is 13.1. The summed E-state index contributed by atoms with van der Waals surface area (Å²) in [5, 5.41) is 0. The first-order valence-electron chi connectivity index (χ1n) is 8.34. The minimum Gasteiger partial charge on any atom is -0.323 e. The van der Waals surface area contributed by atoms with Gasteiger partial charge in [-0.05, 0) is 24.3 Å². The lowest BCUT2D eigenvalue weighted by Crippen LogP contribution is -2.46. The Morgan fingerprint density at radius 2 is 1.88 bits per heavy atom. The molecule has 1 aliphatic heterocycles. The number of nitrogens with zero attached hydrogens (tertiary/aromatic N) is 3. The molecular formula is C18H21N5O2S. The number of rotatable bonds is 4. The fourth-order valence-electron chi connectivity index (χ4n) is 2.70. The molecule has 1 aliphatic rings. The normalized spacial score (nSPS) is 14.0. The number of hydrazine groups is 1. The van der Waals surface area contributed by atoms with Crippen LogP contribution < -0.4 is 16.2 Å². The van der Waals surface area contributed by atoms with Crippen molar-refractivity contribution in [1.82, 2.24) is 15.3 Å². The number of nitrogens with one attached hydrogen (secondary N) is 1. The third kappa shape index (κ3) is 4.33. The lowest BCUT2D eigenvalue weighted by molar-refractivity contribution is 0.0953. The Hall–Kier alpha value is -2.58. The number of carbonyl (C=O) groups is 2. The average molecular weight is 371 g/mol. The molecule has 3 amide bonds. The molecule has 3 N–H and O–H groups in total. The SMILES string of the molecule is NNC(=O)c1ccc(CN(C(=O)N2CCSCC2)c2ccccc2)nc1. The van der Waals surface area contributed by atoms with Gasteiger partial charge in [0.1, 0.15) is 0 Å². The lowest BCUT2D eigenvalue weighted by Gasteiger charge is -2.32. The number of amides is 3. The van der Waals surface area contributed by atoms with Gasteiger partial charge in [0.2, 0.25) is 0 Å². The summed E-state index contributed by atoms with van der Waals surface area (Å²) in [5.74, 6) is 6.64. The first-order valence-corrected chi connectivity index (χ1v) is 9.49. The molecule has 2 aromatic rings. The summed E-state index contributed by atoms with van der Waals surface area (Å²) in [6, 6.07) is 12.9. The Morgan fingerprint density at radius 3 is 2.50 bits per heavy atom. The smallest absolute Gasteiger partial charge is 0.323 e. The van der Waals surface area contributed by atoms with E-state index in [4.69, 9.17) is 5.84 Å². The van der Waals surface area contributed by atoms with Crippen molar-refractivity contribution >= 4 is 29.4 Å². The van der Waals surface area contributed by atoms with Crippen molar-refractivity contribution in [3.63, 3.8) is 0 Å². The number of para-hydroxylation sites is 1. The maximum Gasteiger partial charge on any atom is 0.324 e. The maximum absolute atomic E-state index is 13.1. The predicted molar refractivity (Wildman–Crippen MR) is 103 cm³/mol. The van der Waals surface area contributed by atoms with Gasteiger partial charge in [-0.25, -0.2) is 10.6 Å². The second kappa shape index (κ2) is 8.68. The van der Waals surface area contributed by atoms with E-state index in [0.29, 0.717) is 17.8 Å². The van der Waals surface area contributed by atoms with Crippen molar-refractivity contribution in [2.24, 2.45) is 5.84 Å². The molecule has 0 radical (unpaired) electrons. The third-order valence-electron chi connectivity index (χ3n) is 4.12. The number of hydrogen-bond donors (Lipinski definition) is 2. The van der Waals surface area contributed by atoms with E-state index in [0.717, 1.165) is 30.3 Å². The highest BCUT2D eigenvalue weighted by Gasteiger charge is 2.24. The number of thioether (sulfide) groups is 1. The minimum absolute atomic E-state index is 0.0259. The molecule has 1 saturated heterocycles. The number of pyridine rings is 1. The molecule has 1 fully saturated rings. The van der Waals surface area contributed by atoms with Crippen LogP contribution in [0.25, 0.3) is 0 Å². The van der Waals surface area contributed by atoms with Crippen molar-refractivity contribution in [2.45, 2.75) is 6.54 Å². The average Bonchev–Trinajstić information content (AvgIpc) is 2.72. The highest BCUT2D eigenvalue weighted by Crippen LogP contribution is 2.20. The van der Waals surface area contributed by atoms with Crippen LogP contribution in [0.15, 0.2) is 48.7 Å². The molecule has 0 bridgehead atoms. The highest BCUT2D eigenvalue weighted by atomic mass is 32.2. The van der Waals surface area contributed by atoms with Gasteiger partial charge in [-0.1, -0.05) is 18.2 Å². The van der Waals surface area contributed by atoms with Gasteiger partial charge < -0.3 is 4.90 Å². The summed E-state index contributed by atoms with van der Waals surface area (Å²) in [7, 11) is 0. The highest BCUT2D eigenvalue weighted by molar-refractivity contribution is 7.99. The summed E-state index contributed by atoms with van der Waals surface area (Å²) >= 11 is 1.86. The van der Waals surface area contributed by atoms with Crippen molar-refractivity contribution in [2.75, 3.05) is 29.5 Å². The van der Waals surface area contributed by atoms with E-state index >= 15 is 0 Å². The molecular weight excluding hydrogens is 350 g/mol. The molecule has 2 heterocycles. The van der Waals surface area contributed by atoms with E-state index in [1.54, 1.807) is 17.0 Å². The van der Waals surface area contributed by atoms with Crippen LogP contribution in [0.3, 0.4) is 0 Å². The molecule has 26 heavy (non-hydrogen) atoms. The molecule has 3 rings (SSSR count). The molecule has 1 aromatic heterocycles. The van der Waals surface area contributed by atoms with Crippen LogP contribution in [0.4, 0.5) is 10.5 Å². The fourth-order valence-corrected chi connectivity index (χ4v) is 3.60. The van der Waals surface area contributed by atoms with Crippen LogP contribution in [-0.4, -0.2) is 46.4 Å². The first kappa shape index (κ1) is 18.2. The Labute approximate surface area is 156 Å². The number of nitrogens with two attached hydrogens (primary N) is 1. The van der Waals surface area contributed by atoms with Gasteiger partial charge in [-0.15, -0.1) is 0 Å². The summed E-state index contributed by atoms with van der Waals surface area (Å²) in [6.07, 6.45) is 1.46. The second-order valence-electron chi connectivity index (χ2n) is 5.82. The Morgan fingerprint density at radius 1 is 1.15 bits per heavy atom. The number of carbonyl (C=O) groups excluding carboxylic acids is 2. The van der Waals surface area contributed by atoms with Gasteiger partial charge in [0.25, 0.3) is 5.91 Å². The molecule has 7 nitrogen and oxygen atoms in total. The number of aromatic nitrogens is 1. The van der Waals surface area contributed by atoms with Crippen molar-refractivity contribution < 1.29 is 9.59 Å². The first-order chi connectivity index (χ1) is 12.7. The molecule has 0 unspecified atom stereocenters. The Bertz CT molecular complexity index is 748. The molecule has 136 valence electrons. The summed E-state index contributed by atoms with van der Waals surface area (Å²) < 4.78 is 0. The standard InChI is InChI=1S/C18H21N5O2S/c19-21-17(24)14-6-7-15(20-12-14)13-23(16-4-2-1-3-5-16)18(25)22-8-10-26-11-9-22/h1-7,12H,8-11,13,19H2,(H,21,24). The zero-order valence-electron chi connectivity index (χ0n) is 14.3. The van der Waals surface area contributed by atoms with Crippen molar-refractivity contribution in [1.29, 1.82) is 0 Å². The van der Waals surface area contributed by atoms with Gasteiger partial charge in [-0.2, -0.15) is 11.8 Å². The number of urea groups is 1. The topological polar surface area (TPSA) is 91.6 Å². The van der Waals surface area contributed by atoms with Crippen LogP contribution in [0.2, 0.25) is 0 Å². The fraction of sp³-hybridized carbons (Fsp3) is 0.278. The molecule has 0 saturated carbocycles. The summed E-state index contributed by atoms with van der Waals surface area (Å²) in [4.78, 5) is 32.5. The largest absolute Gasteiger partial charge is 0.324 e. The van der Waals surface area contributed by atoms with Gasteiger partial charge in [-0.3, -0.25) is 20.1 Å². The molecule has 8 heteroatoms. The molecule has 0 spiro atoms. The molecule has 0 aliphatic carbocycles. The quantitative estimate of drug-likeness (QED) is 0.486. The number of anilines is 1. The summed E-state index contributed by atoms with van der Waals surface area (Å²) in [6.45, 7) is 1.82. The monoisotopic (exact) mass is 371 g/mol. The van der Waals surface area contributed by atoms with Crippen LogP contribution in [0.1, 0.15) is 16.1 Å². The zero-order valence-corrected chi connectivity index (χ0v) is 15.1. The number of benzene rings is 1. The number of nitrogen functional groups attached to an aromatic ring is 1. The van der Waals surface area contributed by atoms with Crippen molar-refractivity contribution in [3.05, 3.63) is 59.9 Å². The van der Waals surface area contributed by atoms with E-state index in [2.05, 4.69) is 10.4 Å².